The van der Waals surface area contributed by atoms with Crippen molar-refractivity contribution in [2.45, 2.75) is 0 Å². The van der Waals surface area contributed by atoms with Gasteiger partial charge in [-0.15, -0.1) is 0 Å². The number of rotatable bonds is 4. The Hall–Kier alpha value is -1.17. The van der Waals surface area contributed by atoms with Gasteiger partial charge in [-0.2, -0.15) is 0 Å². The summed E-state index contributed by atoms with van der Waals surface area (Å²) in [6, 6.07) is 5.31. The van der Waals surface area contributed by atoms with Crippen LogP contribution >= 0.6 is 23.2 Å². The summed E-state index contributed by atoms with van der Waals surface area (Å²) in [4.78, 5) is 4.13. The lowest BCUT2D eigenvalue weighted by Gasteiger charge is -2.34. The first-order chi connectivity index (χ1) is 9.58. The highest BCUT2D eigenvalue weighted by Gasteiger charge is 2.17. The van der Waals surface area contributed by atoms with Crippen molar-refractivity contribution in [3.05, 3.63) is 28.2 Å². The summed E-state index contributed by atoms with van der Waals surface area (Å²) in [7, 11) is 0. The second-order valence-electron chi connectivity index (χ2n) is 4.61. The predicted octanol–water partition coefficient (Wildman–Crippen LogP) is 1.88. The Bertz CT molecular complexity index is 455. The second-order valence-corrected chi connectivity index (χ2v) is 5.43. The first kappa shape index (κ1) is 15.2. The molecule has 0 unspecified atom stereocenters. The Labute approximate surface area is 128 Å². The van der Waals surface area contributed by atoms with Crippen LogP contribution in [-0.4, -0.2) is 55.1 Å². The third-order valence-electron chi connectivity index (χ3n) is 3.29. The maximum absolute atomic E-state index is 7.38. The smallest absolute Gasteiger partial charge is 0.188 e. The van der Waals surface area contributed by atoms with E-state index >= 15 is 0 Å². The van der Waals surface area contributed by atoms with Crippen LogP contribution in [0.1, 0.15) is 0 Å². The molecule has 0 radical (unpaired) electrons. The van der Waals surface area contributed by atoms with Crippen molar-refractivity contribution < 1.29 is 4.74 Å². The van der Waals surface area contributed by atoms with Gasteiger partial charge in [-0.05, 0) is 12.1 Å². The summed E-state index contributed by atoms with van der Waals surface area (Å²) in [5, 5.41) is 8.44. The van der Waals surface area contributed by atoms with E-state index in [0.29, 0.717) is 22.4 Å². The van der Waals surface area contributed by atoms with E-state index in [0.717, 1.165) is 32.7 Å². The molecular weight excluding hydrogens is 299 g/mol. The molecule has 1 aromatic rings. The van der Waals surface area contributed by atoms with E-state index in [-0.39, 0.29) is 5.96 Å². The molecule has 1 saturated heterocycles. The van der Waals surface area contributed by atoms with E-state index in [9.17, 15) is 0 Å². The standard InChI is InChI=1S/C13H18Cl2N4O/c14-10-2-1-3-11(15)12(10)20-9-8-18-4-6-19(7-5-18)13(16)17/h1-3H,4-9H2,(H3,16,17). The number of para-hydroxylation sites is 1. The average Bonchev–Trinajstić information content (AvgIpc) is 2.42. The molecule has 1 heterocycles. The van der Waals surface area contributed by atoms with E-state index in [4.69, 9.17) is 39.1 Å². The lowest BCUT2D eigenvalue weighted by Crippen LogP contribution is -2.51. The maximum atomic E-state index is 7.38. The molecule has 1 aliphatic heterocycles. The number of nitrogens with two attached hydrogens (primary N) is 1. The average molecular weight is 317 g/mol. The number of halogens is 2. The van der Waals surface area contributed by atoms with E-state index < -0.39 is 0 Å². The van der Waals surface area contributed by atoms with Crippen LogP contribution in [0.15, 0.2) is 18.2 Å². The van der Waals surface area contributed by atoms with Crippen LogP contribution in [-0.2, 0) is 0 Å². The van der Waals surface area contributed by atoms with Crippen molar-refractivity contribution in [2.75, 3.05) is 39.3 Å². The highest BCUT2D eigenvalue weighted by atomic mass is 35.5. The monoisotopic (exact) mass is 316 g/mol. The molecule has 0 bridgehead atoms. The van der Waals surface area contributed by atoms with E-state index in [1.807, 2.05) is 4.90 Å². The minimum atomic E-state index is 0.142. The minimum absolute atomic E-state index is 0.142. The molecule has 1 aliphatic rings. The third kappa shape index (κ3) is 3.91. The molecule has 1 fully saturated rings. The summed E-state index contributed by atoms with van der Waals surface area (Å²) in [5.41, 5.74) is 5.46. The van der Waals surface area contributed by atoms with Gasteiger partial charge in [0.05, 0.1) is 10.0 Å². The number of piperazine rings is 1. The van der Waals surface area contributed by atoms with Gasteiger partial charge < -0.3 is 15.4 Å². The lowest BCUT2D eigenvalue weighted by molar-refractivity contribution is 0.153. The van der Waals surface area contributed by atoms with E-state index in [1.165, 1.54) is 0 Å². The van der Waals surface area contributed by atoms with Crippen LogP contribution in [0.2, 0.25) is 10.0 Å². The van der Waals surface area contributed by atoms with Crippen molar-refractivity contribution in [1.29, 1.82) is 5.41 Å². The summed E-state index contributed by atoms with van der Waals surface area (Å²) >= 11 is 12.1. The Morgan fingerprint density at radius 2 is 1.80 bits per heavy atom. The number of hydrogen-bond acceptors (Lipinski definition) is 3. The first-order valence-electron chi connectivity index (χ1n) is 6.46. The molecule has 5 nitrogen and oxygen atoms in total. The van der Waals surface area contributed by atoms with Crippen LogP contribution in [0.5, 0.6) is 5.75 Å². The molecule has 0 aromatic heterocycles. The quantitative estimate of drug-likeness (QED) is 0.657. The van der Waals surface area contributed by atoms with Crippen molar-refractivity contribution in [3.63, 3.8) is 0 Å². The highest BCUT2D eigenvalue weighted by molar-refractivity contribution is 6.37. The van der Waals surface area contributed by atoms with Crippen LogP contribution in [0.25, 0.3) is 0 Å². The third-order valence-corrected chi connectivity index (χ3v) is 3.88. The minimum Gasteiger partial charge on any atom is -0.489 e. The van der Waals surface area contributed by atoms with Crippen LogP contribution < -0.4 is 10.5 Å². The lowest BCUT2D eigenvalue weighted by atomic mass is 10.3. The summed E-state index contributed by atoms with van der Waals surface area (Å²) in [5.74, 6) is 0.682. The van der Waals surface area contributed by atoms with Crippen LogP contribution in [0, 0.1) is 5.41 Å². The summed E-state index contributed by atoms with van der Waals surface area (Å²) < 4.78 is 5.66. The van der Waals surface area contributed by atoms with Gasteiger partial charge in [0, 0.05) is 32.7 Å². The molecule has 110 valence electrons. The maximum Gasteiger partial charge on any atom is 0.188 e. The summed E-state index contributed by atoms with van der Waals surface area (Å²) in [6.45, 7) is 4.64. The van der Waals surface area contributed by atoms with Crippen molar-refractivity contribution in [3.8, 4) is 5.75 Å². The molecule has 0 amide bonds. The zero-order valence-corrected chi connectivity index (χ0v) is 12.6. The Balaban J connectivity index is 1.76. The van der Waals surface area contributed by atoms with Gasteiger partial charge in [-0.1, -0.05) is 29.3 Å². The van der Waals surface area contributed by atoms with Gasteiger partial charge >= 0.3 is 0 Å². The predicted molar refractivity (Wildman–Crippen MR) is 81.9 cm³/mol. The molecule has 0 atom stereocenters. The van der Waals surface area contributed by atoms with Gasteiger partial charge in [0.2, 0.25) is 0 Å². The number of hydrogen-bond donors (Lipinski definition) is 2. The topological polar surface area (TPSA) is 65.6 Å². The molecular formula is C13H18Cl2N4O. The molecule has 0 saturated carbocycles. The van der Waals surface area contributed by atoms with Crippen molar-refractivity contribution in [1.82, 2.24) is 9.80 Å². The highest BCUT2D eigenvalue weighted by Crippen LogP contribution is 2.32. The molecule has 7 heteroatoms. The zero-order chi connectivity index (χ0) is 14.5. The number of nitrogens with one attached hydrogen (secondary N) is 1. The number of nitrogens with zero attached hydrogens (tertiary/aromatic N) is 2. The van der Waals surface area contributed by atoms with Crippen molar-refractivity contribution in [2.24, 2.45) is 5.73 Å². The Morgan fingerprint density at radius 3 is 2.35 bits per heavy atom. The van der Waals surface area contributed by atoms with Gasteiger partial charge in [0.15, 0.2) is 11.7 Å². The number of guanidine groups is 1. The Kier molecular flexibility index (Phi) is 5.34. The molecule has 20 heavy (non-hydrogen) atoms. The largest absolute Gasteiger partial charge is 0.489 e. The van der Waals surface area contributed by atoms with E-state index in [1.54, 1.807) is 18.2 Å². The zero-order valence-electron chi connectivity index (χ0n) is 11.1. The second kappa shape index (κ2) is 7.02. The van der Waals surface area contributed by atoms with Crippen LogP contribution in [0.3, 0.4) is 0 Å². The summed E-state index contributed by atoms with van der Waals surface area (Å²) in [6.07, 6.45) is 0. The molecule has 0 aliphatic carbocycles. The van der Waals surface area contributed by atoms with Crippen molar-refractivity contribution >= 4 is 29.2 Å². The van der Waals surface area contributed by atoms with E-state index in [2.05, 4.69) is 4.90 Å². The first-order valence-corrected chi connectivity index (χ1v) is 7.21. The van der Waals surface area contributed by atoms with Gasteiger partial charge in [0.25, 0.3) is 0 Å². The number of benzene rings is 1. The number of ether oxygens (including phenoxy) is 1. The molecule has 2 rings (SSSR count). The van der Waals surface area contributed by atoms with Gasteiger partial charge in [-0.3, -0.25) is 10.3 Å². The molecule has 3 N–H and O–H groups in total. The normalized spacial score (nSPS) is 16.2. The fourth-order valence-electron chi connectivity index (χ4n) is 2.11. The van der Waals surface area contributed by atoms with Gasteiger partial charge in [-0.25, -0.2) is 0 Å². The fourth-order valence-corrected chi connectivity index (χ4v) is 2.62. The SMILES string of the molecule is N=C(N)N1CCN(CCOc2c(Cl)cccc2Cl)CC1. The van der Waals surface area contributed by atoms with Gasteiger partial charge in [0.1, 0.15) is 6.61 Å². The molecule has 0 spiro atoms. The molecule has 1 aromatic carbocycles. The Morgan fingerprint density at radius 1 is 1.20 bits per heavy atom. The fraction of sp³-hybridized carbons (Fsp3) is 0.462. The van der Waals surface area contributed by atoms with Crippen LogP contribution in [0.4, 0.5) is 0 Å².